The molecule has 1 N–H and O–H groups in total. The lowest BCUT2D eigenvalue weighted by atomic mass is 9.77. The van der Waals surface area contributed by atoms with E-state index < -0.39 is 0 Å². The average molecular weight is 231 g/mol. The van der Waals surface area contributed by atoms with Gasteiger partial charge in [0.2, 0.25) is 0 Å². The fourth-order valence-corrected chi connectivity index (χ4v) is 3.65. The Morgan fingerprint density at radius 3 is 2.81 bits per heavy atom. The predicted octanol–water partition coefficient (Wildman–Crippen LogP) is 3.96. The van der Waals surface area contributed by atoms with Crippen molar-refractivity contribution in [1.82, 2.24) is 5.32 Å². The average Bonchev–Trinajstić information content (AvgIpc) is 2.67. The zero-order valence-electron chi connectivity index (χ0n) is 9.57. The molecular formula is C14H17NS. The summed E-state index contributed by atoms with van der Waals surface area (Å²) in [6.45, 7) is 0. The van der Waals surface area contributed by atoms with Crippen molar-refractivity contribution < 1.29 is 0 Å². The van der Waals surface area contributed by atoms with Gasteiger partial charge in [0.25, 0.3) is 0 Å². The molecule has 0 spiro atoms. The molecule has 2 aromatic rings. The zero-order chi connectivity index (χ0) is 11.0. The summed E-state index contributed by atoms with van der Waals surface area (Å²) in [5.41, 5.74) is 1.51. The quantitative estimate of drug-likeness (QED) is 0.843. The van der Waals surface area contributed by atoms with E-state index in [1.807, 2.05) is 11.3 Å². The number of benzene rings is 1. The lowest BCUT2D eigenvalue weighted by Crippen LogP contribution is -2.29. The van der Waals surface area contributed by atoms with Crippen molar-refractivity contribution in [3.8, 4) is 0 Å². The van der Waals surface area contributed by atoms with Crippen LogP contribution in [0.15, 0.2) is 29.6 Å². The molecule has 1 atom stereocenters. The molecule has 0 amide bonds. The molecule has 1 aromatic carbocycles. The summed E-state index contributed by atoms with van der Waals surface area (Å²) in [5, 5.41) is 7.29. The van der Waals surface area contributed by atoms with E-state index in [0.29, 0.717) is 6.04 Å². The van der Waals surface area contributed by atoms with Gasteiger partial charge >= 0.3 is 0 Å². The van der Waals surface area contributed by atoms with Crippen LogP contribution in [-0.4, -0.2) is 7.05 Å². The minimum absolute atomic E-state index is 0.560. The Kier molecular flexibility index (Phi) is 2.70. The van der Waals surface area contributed by atoms with E-state index in [9.17, 15) is 0 Å². The Hall–Kier alpha value is -0.860. The number of thiophene rings is 1. The Morgan fingerprint density at radius 2 is 2.12 bits per heavy atom. The van der Waals surface area contributed by atoms with Crippen LogP contribution >= 0.6 is 11.3 Å². The summed E-state index contributed by atoms with van der Waals surface area (Å²) >= 11 is 1.87. The molecule has 0 bridgehead atoms. The van der Waals surface area contributed by atoms with Crippen LogP contribution in [0.3, 0.4) is 0 Å². The van der Waals surface area contributed by atoms with Gasteiger partial charge < -0.3 is 5.32 Å². The highest BCUT2D eigenvalue weighted by Crippen LogP contribution is 2.41. The highest BCUT2D eigenvalue weighted by Gasteiger charge is 2.28. The summed E-state index contributed by atoms with van der Waals surface area (Å²) in [4.78, 5) is 0. The highest BCUT2D eigenvalue weighted by molar-refractivity contribution is 7.17. The van der Waals surface area contributed by atoms with E-state index in [0.717, 1.165) is 5.92 Å². The summed E-state index contributed by atoms with van der Waals surface area (Å²) in [7, 11) is 2.09. The summed E-state index contributed by atoms with van der Waals surface area (Å²) < 4.78 is 1.41. The minimum atomic E-state index is 0.560. The van der Waals surface area contributed by atoms with Crippen LogP contribution in [0.1, 0.15) is 30.9 Å². The van der Waals surface area contributed by atoms with Crippen molar-refractivity contribution in [2.75, 3.05) is 7.05 Å². The molecule has 84 valence electrons. The Labute approximate surface area is 100 Å². The molecule has 1 aliphatic carbocycles. The number of nitrogens with one attached hydrogen (secondary N) is 1. The van der Waals surface area contributed by atoms with Gasteiger partial charge in [-0.3, -0.25) is 0 Å². The Morgan fingerprint density at radius 1 is 1.31 bits per heavy atom. The first-order chi connectivity index (χ1) is 7.90. The van der Waals surface area contributed by atoms with E-state index in [1.54, 1.807) is 0 Å². The normalized spacial score (nSPS) is 18.6. The fourth-order valence-electron chi connectivity index (χ4n) is 2.66. The monoisotopic (exact) mass is 231 g/mol. The van der Waals surface area contributed by atoms with E-state index in [-0.39, 0.29) is 0 Å². The molecule has 1 nitrogen and oxygen atoms in total. The van der Waals surface area contributed by atoms with E-state index in [2.05, 4.69) is 42.0 Å². The van der Waals surface area contributed by atoms with Crippen molar-refractivity contribution in [2.24, 2.45) is 5.92 Å². The summed E-state index contributed by atoms with van der Waals surface area (Å²) in [6, 6.07) is 9.30. The molecule has 1 aliphatic rings. The Balaban J connectivity index is 2.02. The van der Waals surface area contributed by atoms with Crippen LogP contribution in [0.2, 0.25) is 0 Å². The first kappa shape index (κ1) is 10.3. The maximum absolute atomic E-state index is 3.51. The van der Waals surface area contributed by atoms with Crippen LogP contribution in [0.4, 0.5) is 0 Å². The lowest BCUT2D eigenvalue weighted by Gasteiger charge is -2.33. The third kappa shape index (κ3) is 1.57. The zero-order valence-corrected chi connectivity index (χ0v) is 10.4. The lowest BCUT2D eigenvalue weighted by molar-refractivity contribution is 0.241. The third-order valence-electron chi connectivity index (χ3n) is 3.78. The van der Waals surface area contributed by atoms with Crippen molar-refractivity contribution in [2.45, 2.75) is 25.3 Å². The molecule has 16 heavy (non-hydrogen) atoms. The number of fused-ring (bicyclic) bond motifs is 1. The van der Waals surface area contributed by atoms with Crippen LogP contribution in [0, 0.1) is 5.92 Å². The molecule has 0 aliphatic heterocycles. The molecule has 2 heteroatoms. The van der Waals surface area contributed by atoms with Crippen LogP contribution in [-0.2, 0) is 0 Å². The molecule has 1 saturated carbocycles. The molecular weight excluding hydrogens is 214 g/mol. The Bertz CT molecular complexity index is 484. The van der Waals surface area contributed by atoms with Crippen LogP contribution in [0.25, 0.3) is 10.1 Å². The first-order valence-electron chi connectivity index (χ1n) is 6.03. The number of hydrogen-bond acceptors (Lipinski definition) is 2. The molecule has 0 saturated heterocycles. The number of rotatable bonds is 3. The minimum Gasteiger partial charge on any atom is -0.313 e. The van der Waals surface area contributed by atoms with Gasteiger partial charge in [-0.05, 0) is 48.2 Å². The molecule has 0 radical (unpaired) electrons. The van der Waals surface area contributed by atoms with Gasteiger partial charge in [0.1, 0.15) is 0 Å². The molecule has 1 heterocycles. The van der Waals surface area contributed by atoms with E-state index in [1.165, 1.54) is 34.9 Å². The van der Waals surface area contributed by atoms with Gasteiger partial charge in [0.05, 0.1) is 0 Å². The van der Waals surface area contributed by atoms with Gasteiger partial charge in [0.15, 0.2) is 0 Å². The largest absolute Gasteiger partial charge is 0.313 e. The maximum Gasteiger partial charge on any atom is 0.0360 e. The smallest absolute Gasteiger partial charge is 0.0360 e. The van der Waals surface area contributed by atoms with E-state index >= 15 is 0 Å². The standard InChI is InChI=1S/C14H17NS/c1-15-14(10-5-4-6-10)12-9-16-13-8-3-2-7-11(12)13/h2-3,7-10,14-15H,4-6H2,1H3. The van der Waals surface area contributed by atoms with Crippen molar-refractivity contribution in [1.29, 1.82) is 0 Å². The molecule has 1 aromatic heterocycles. The second kappa shape index (κ2) is 4.19. The fraction of sp³-hybridized carbons (Fsp3) is 0.429. The van der Waals surface area contributed by atoms with Crippen molar-refractivity contribution in [3.63, 3.8) is 0 Å². The summed E-state index contributed by atoms with van der Waals surface area (Å²) in [5.74, 6) is 0.850. The SMILES string of the molecule is CNC(c1csc2ccccc12)C1CCC1. The van der Waals surface area contributed by atoms with Crippen molar-refractivity contribution in [3.05, 3.63) is 35.2 Å². The maximum atomic E-state index is 3.51. The van der Waals surface area contributed by atoms with Gasteiger partial charge in [-0.15, -0.1) is 11.3 Å². The second-order valence-electron chi connectivity index (χ2n) is 4.64. The third-order valence-corrected chi connectivity index (χ3v) is 4.76. The summed E-state index contributed by atoms with van der Waals surface area (Å²) in [6.07, 6.45) is 4.18. The van der Waals surface area contributed by atoms with Crippen LogP contribution < -0.4 is 5.32 Å². The molecule has 1 fully saturated rings. The van der Waals surface area contributed by atoms with Gasteiger partial charge in [-0.25, -0.2) is 0 Å². The van der Waals surface area contributed by atoms with Gasteiger partial charge in [-0.2, -0.15) is 0 Å². The highest BCUT2D eigenvalue weighted by atomic mass is 32.1. The second-order valence-corrected chi connectivity index (χ2v) is 5.56. The molecule has 1 unspecified atom stereocenters. The first-order valence-corrected chi connectivity index (χ1v) is 6.91. The van der Waals surface area contributed by atoms with Gasteiger partial charge in [-0.1, -0.05) is 24.6 Å². The molecule has 3 rings (SSSR count). The number of hydrogen-bond donors (Lipinski definition) is 1. The topological polar surface area (TPSA) is 12.0 Å². The van der Waals surface area contributed by atoms with E-state index in [4.69, 9.17) is 0 Å². The van der Waals surface area contributed by atoms with Crippen molar-refractivity contribution >= 4 is 21.4 Å². The predicted molar refractivity (Wildman–Crippen MR) is 71.0 cm³/mol. The van der Waals surface area contributed by atoms with Crippen LogP contribution in [0.5, 0.6) is 0 Å². The van der Waals surface area contributed by atoms with Gasteiger partial charge in [0, 0.05) is 10.7 Å².